The molecule has 4 nitrogen and oxygen atoms in total. The molecule has 0 aliphatic carbocycles. The molecule has 1 fully saturated rings. The van der Waals surface area contributed by atoms with Gasteiger partial charge in [0, 0.05) is 0 Å². The van der Waals surface area contributed by atoms with Crippen molar-refractivity contribution < 1.29 is 15.6 Å². The van der Waals surface area contributed by atoms with Gasteiger partial charge in [-0.05, 0) is 0 Å². The van der Waals surface area contributed by atoms with E-state index in [1.165, 1.54) is 13.1 Å². The minimum absolute atomic E-state index is 0. The predicted molar refractivity (Wildman–Crippen MR) is 95.4 cm³/mol. The van der Waals surface area contributed by atoms with Crippen molar-refractivity contribution in [3.8, 4) is 0 Å². The van der Waals surface area contributed by atoms with Crippen LogP contribution in [0, 0.1) is 0 Å². The van der Waals surface area contributed by atoms with Crippen molar-refractivity contribution in [3.05, 3.63) is 0 Å². The fourth-order valence-electron chi connectivity index (χ4n) is 2.16. The molecule has 1 heterocycles. The molecule has 8 heteroatoms. The number of nitrogens with zero attached hydrogens (tertiary/aromatic N) is 1. The van der Waals surface area contributed by atoms with Crippen LogP contribution in [0.2, 0.25) is 20.9 Å². The van der Waals surface area contributed by atoms with Gasteiger partial charge in [0.25, 0.3) is 0 Å². The molecule has 1 aliphatic heterocycles. The second kappa shape index (κ2) is 11.9. The number of hydrogen-bond acceptors (Lipinski definition) is 4. The number of hydrogen-bond donors (Lipinski definition) is 3. The standard InChI is InChI=1S/C8H19N4.4CH3.3ClH.Ti/c1-2-10-5-6-12-8-7-11-4-3-9-1;;;;;;;;/h9-11H,1-8H2;4*1H3;3*1H;/q-1;;;;;;;;+1. The summed E-state index contributed by atoms with van der Waals surface area (Å²) >= 11 is -2.29. The van der Waals surface area contributed by atoms with Crippen molar-refractivity contribution in [1.82, 2.24) is 19.3 Å². The second-order valence-electron chi connectivity index (χ2n) is 7.13. The molecule has 1 saturated heterocycles. The minimum atomic E-state index is -2.29. The molecule has 0 aromatic carbocycles. The SMILES string of the molecule is Cl.Cl.Cl.[CH3][Ti]([CH3])([CH3])([CH3])[N]1CCNCCNCCNCC1. The first kappa shape index (κ1) is 26.3. The summed E-state index contributed by atoms with van der Waals surface area (Å²) in [7, 11) is 0. The third kappa shape index (κ3) is 12.0. The van der Waals surface area contributed by atoms with Crippen molar-refractivity contribution in [2.24, 2.45) is 0 Å². The van der Waals surface area contributed by atoms with Crippen molar-refractivity contribution >= 4 is 37.2 Å². The molecule has 127 valence electrons. The van der Waals surface area contributed by atoms with Gasteiger partial charge in [-0.1, -0.05) is 0 Å². The van der Waals surface area contributed by atoms with E-state index in [2.05, 4.69) is 40.2 Å². The number of rotatable bonds is 1. The fraction of sp³-hybridized carbons (Fsp3) is 1.00. The number of nitrogens with one attached hydrogen (secondary N) is 3. The molecule has 3 N–H and O–H groups in total. The van der Waals surface area contributed by atoms with Crippen LogP contribution in [0.4, 0.5) is 0 Å². The molecule has 0 bridgehead atoms. The molecular weight excluding hydrogens is 354 g/mol. The normalized spacial score (nSPS) is 21.5. The molecule has 0 aromatic rings. The molecule has 0 spiro atoms. The van der Waals surface area contributed by atoms with Gasteiger partial charge in [-0.3, -0.25) is 0 Å². The van der Waals surface area contributed by atoms with Crippen LogP contribution in [0.25, 0.3) is 0 Å². The van der Waals surface area contributed by atoms with Gasteiger partial charge in [0.1, 0.15) is 0 Å². The van der Waals surface area contributed by atoms with Gasteiger partial charge in [-0.15, -0.1) is 37.2 Å². The zero-order chi connectivity index (χ0) is 12.8. The second-order valence-corrected chi connectivity index (χ2v) is 20.3. The van der Waals surface area contributed by atoms with Gasteiger partial charge >= 0.3 is 108 Å². The molecule has 0 aromatic heterocycles. The number of halogens is 3. The Labute approximate surface area is 145 Å². The van der Waals surface area contributed by atoms with E-state index in [0.717, 1.165) is 39.3 Å². The van der Waals surface area contributed by atoms with Crippen LogP contribution in [-0.4, -0.2) is 55.7 Å². The Kier molecular flexibility index (Phi) is 15.7. The molecule has 0 saturated carbocycles. The molecule has 0 unspecified atom stereocenters. The fourth-order valence-corrected chi connectivity index (χ4v) is 5.31. The summed E-state index contributed by atoms with van der Waals surface area (Å²) in [5, 5.41) is 20.5. The topological polar surface area (TPSA) is 39.3 Å². The Morgan fingerprint density at radius 3 is 1.20 bits per heavy atom. The van der Waals surface area contributed by atoms with E-state index in [0.29, 0.717) is 0 Å². The molecule has 1 aliphatic rings. The van der Waals surface area contributed by atoms with E-state index >= 15 is 0 Å². The van der Waals surface area contributed by atoms with E-state index in [4.69, 9.17) is 0 Å². The van der Waals surface area contributed by atoms with Crippen molar-refractivity contribution in [3.63, 3.8) is 0 Å². The Morgan fingerprint density at radius 2 is 0.900 bits per heavy atom. The summed E-state index contributed by atoms with van der Waals surface area (Å²) < 4.78 is 2.76. The average molecular weight is 389 g/mol. The third-order valence-electron chi connectivity index (χ3n) is 3.34. The van der Waals surface area contributed by atoms with Gasteiger partial charge in [0.15, 0.2) is 0 Å². The summed E-state index contributed by atoms with van der Waals surface area (Å²) in [5.41, 5.74) is 0. The van der Waals surface area contributed by atoms with Crippen molar-refractivity contribution in [2.45, 2.75) is 20.9 Å². The molecule has 20 heavy (non-hydrogen) atoms. The first-order valence-electron chi connectivity index (χ1n) is 6.98. The first-order valence-corrected chi connectivity index (χ1v) is 13.9. The molecule has 0 atom stereocenters. The van der Waals surface area contributed by atoms with Crippen LogP contribution in [-0.2, 0) is 15.6 Å². The van der Waals surface area contributed by atoms with Crippen LogP contribution in [0.3, 0.4) is 0 Å². The Morgan fingerprint density at radius 1 is 0.600 bits per heavy atom. The molecule has 0 radical (unpaired) electrons. The van der Waals surface area contributed by atoms with Crippen LogP contribution in [0.5, 0.6) is 0 Å². The maximum absolute atomic E-state index is 3.53. The quantitative estimate of drug-likeness (QED) is 0.602. The van der Waals surface area contributed by atoms with Gasteiger partial charge in [0.2, 0.25) is 0 Å². The third-order valence-corrected chi connectivity index (χ3v) is 7.99. The van der Waals surface area contributed by atoms with E-state index < -0.39 is 15.6 Å². The van der Waals surface area contributed by atoms with E-state index in [1.54, 1.807) is 0 Å². The Bertz CT molecular complexity index is 215. The van der Waals surface area contributed by atoms with E-state index in [-0.39, 0.29) is 37.2 Å². The van der Waals surface area contributed by atoms with E-state index in [9.17, 15) is 0 Å². The van der Waals surface area contributed by atoms with Crippen molar-refractivity contribution in [1.29, 1.82) is 0 Å². The average Bonchev–Trinajstić information content (AvgIpc) is 2.15. The van der Waals surface area contributed by atoms with Gasteiger partial charge < -0.3 is 0 Å². The summed E-state index contributed by atoms with van der Waals surface area (Å²) in [6.07, 6.45) is 0. The van der Waals surface area contributed by atoms with Crippen molar-refractivity contribution in [2.75, 3.05) is 52.4 Å². The summed E-state index contributed by atoms with van der Waals surface area (Å²) in [4.78, 5) is 0. The zero-order valence-corrected chi connectivity index (χ0v) is 17.3. The van der Waals surface area contributed by atoms with Crippen LogP contribution < -0.4 is 16.0 Å². The van der Waals surface area contributed by atoms with Crippen LogP contribution in [0.15, 0.2) is 0 Å². The first-order chi connectivity index (χ1) is 7.86. The maximum atomic E-state index is 3.53. The van der Waals surface area contributed by atoms with Gasteiger partial charge in [-0.25, -0.2) is 0 Å². The summed E-state index contributed by atoms with van der Waals surface area (Å²) in [5.74, 6) is 0. The molecule has 1 rings (SSSR count). The van der Waals surface area contributed by atoms with Crippen LogP contribution in [0.1, 0.15) is 0 Å². The van der Waals surface area contributed by atoms with Crippen LogP contribution >= 0.6 is 37.2 Å². The van der Waals surface area contributed by atoms with Gasteiger partial charge in [0.05, 0.1) is 0 Å². The predicted octanol–water partition coefficient (Wildman–Crippen LogP) is 2.13. The summed E-state index contributed by atoms with van der Waals surface area (Å²) in [6.45, 7) is 8.93. The summed E-state index contributed by atoms with van der Waals surface area (Å²) in [6, 6.07) is 0. The van der Waals surface area contributed by atoms with Gasteiger partial charge in [-0.2, -0.15) is 0 Å². The van der Waals surface area contributed by atoms with E-state index in [1.807, 2.05) is 0 Å². The molecular formula is C12H34Cl3N4Ti. The Balaban J connectivity index is -0.000000963. The molecule has 0 amide bonds. The Hall–Kier alpha value is 1.42. The zero-order valence-electron chi connectivity index (χ0n) is 13.3. The monoisotopic (exact) mass is 387 g/mol.